The van der Waals surface area contributed by atoms with E-state index in [1.165, 1.54) is 0 Å². The highest BCUT2D eigenvalue weighted by Gasteiger charge is 2.21. The van der Waals surface area contributed by atoms with Gasteiger partial charge in [-0.25, -0.2) is 0 Å². The standard InChI is InChI=1S/C4H6ClNO/c5-4(7)6-3-1-2-3/h3H,1-2H2,(H,6,7). The number of carbonyl (C=O) groups excluding carboxylic acids is 1. The molecule has 0 aromatic carbocycles. The molecule has 0 unspecified atom stereocenters. The number of hydrogen-bond acceptors (Lipinski definition) is 1. The number of nitrogens with one attached hydrogen (secondary N) is 1. The Bertz CT molecular complexity index is 89.7. The van der Waals surface area contributed by atoms with E-state index in [2.05, 4.69) is 5.32 Å². The first-order valence-corrected chi connectivity index (χ1v) is 2.63. The second-order valence-electron chi connectivity index (χ2n) is 1.69. The van der Waals surface area contributed by atoms with E-state index in [1.54, 1.807) is 0 Å². The van der Waals surface area contributed by atoms with Crippen LogP contribution < -0.4 is 5.32 Å². The normalized spacial score (nSPS) is 19.0. The van der Waals surface area contributed by atoms with Crippen LogP contribution in [-0.2, 0) is 0 Å². The Morgan fingerprint density at radius 2 is 2.29 bits per heavy atom. The second-order valence-corrected chi connectivity index (χ2v) is 2.04. The highest BCUT2D eigenvalue weighted by molar-refractivity contribution is 6.63. The van der Waals surface area contributed by atoms with Crippen LogP contribution in [0.15, 0.2) is 0 Å². The van der Waals surface area contributed by atoms with Gasteiger partial charge in [0.15, 0.2) is 0 Å². The maximum absolute atomic E-state index is 9.95. The number of hydrogen-bond donors (Lipinski definition) is 1. The Kier molecular flexibility index (Phi) is 1.19. The fraction of sp³-hybridized carbons (Fsp3) is 0.750. The van der Waals surface area contributed by atoms with Crippen molar-refractivity contribution in [1.82, 2.24) is 5.32 Å². The molecule has 0 aromatic rings. The lowest BCUT2D eigenvalue weighted by molar-refractivity contribution is 0.259. The molecule has 1 saturated carbocycles. The van der Waals surface area contributed by atoms with Crippen molar-refractivity contribution < 1.29 is 4.79 Å². The monoisotopic (exact) mass is 119 g/mol. The molecule has 40 valence electrons. The van der Waals surface area contributed by atoms with Crippen LogP contribution in [0.1, 0.15) is 12.8 Å². The third-order valence-electron chi connectivity index (χ3n) is 0.895. The van der Waals surface area contributed by atoms with Gasteiger partial charge in [-0.05, 0) is 24.4 Å². The highest BCUT2D eigenvalue weighted by atomic mass is 35.5. The molecule has 1 amide bonds. The van der Waals surface area contributed by atoms with Gasteiger partial charge in [-0.2, -0.15) is 0 Å². The van der Waals surface area contributed by atoms with E-state index in [4.69, 9.17) is 11.6 Å². The minimum atomic E-state index is -0.428. The van der Waals surface area contributed by atoms with Crippen LogP contribution in [0.5, 0.6) is 0 Å². The first kappa shape index (κ1) is 4.91. The van der Waals surface area contributed by atoms with Crippen molar-refractivity contribution in [1.29, 1.82) is 0 Å². The Morgan fingerprint density at radius 1 is 1.71 bits per heavy atom. The molecule has 0 spiro atoms. The molecule has 1 N–H and O–H groups in total. The molecule has 1 aliphatic carbocycles. The Hall–Kier alpha value is -0.240. The molecule has 1 aliphatic rings. The highest BCUT2D eigenvalue weighted by Crippen LogP contribution is 2.18. The molecule has 0 heterocycles. The topological polar surface area (TPSA) is 29.1 Å². The largest absolute Gasteiger partial charge is 0.340 e. The average Bonchev–Trinajstić information content (AvgIpc) is 2.17. The van der Waals surface area contributed by atoms with Crippen LogP contribution in [0.2, 0.25) is 0 Å². The summed E-state index contributed by atoms with van der Waals surface area (Å²) in [5, 5.41) is 2.11. The number of amides is 1. The van der Waals surface area contributed by atoms with Gasteiger partial charge in [-0.1, -0.05) is 0 Å². The van der Waals surface area contributed by atoms with E-state index in [9.17, 15) is 4.79 Å². The lowest BCUT2D eigenvalue weighted by Crippen LogP contribution is -2.17. The zero-order chi connectivity index (χ0) is 5.28. The third-order valence-corrected chi connectivity index (χ3v) is 1.00. The van der Waals surface area contributed by atoms with Crippen molar-refractivity contribution >= 4 is 17.0 Å². The fourth-order valence-corrected chi connectivity index (χ4v) is 0.542. The maximum Gasteiger partial charge on any atom is 0.314 e. The molecule has 0 aromatic heterocycles. The van der Waals surface area contributed by atoms with Crippen molar-refractivity contribution in [2.24, 2.45) is 0 Å². The molecule has 0 saturated heterocycles. The van der Waals surface area contributed by atoms with Gasteiger partial charge in [0.2, 0.25) is 0 Å². The van der Waals surface area contributed by atoms with Crippen molar-refractivity contribution in [2.45, 2.75) is 18.9 Å². The summed E-state index contributed by atoms with van der Waals surface area (Å²) < 4.78 is 0. The Morgan fingerprint density at radius 3 is 2.43 bits per heavy atom. The molecule has 0 radical (unpaired) electrons. The van der Waals surface area contributed by atoms with Gasteiger partial charge in [0.1, 0.15) is 0 Å². The van der Waals surface area contributed by atoms with Gasteiger partial charge < -0.3 is 5.32 Å². The van der Waals surface area contributed by atoms with E-state index in [0.717, 1.165) is 12.8 Å². The van der Waals surface area contributed by atoms with Crippen LogP contribution in [0.3, 0.4) is 0 Å². The summed E-state index contributed by atoms with van der Waals surface area (Å²) in [5.41, 5.74) is 0. The van der Waals surface area contributed by atoms with Crippen molar-refractivity contribution in [3.05, 3.63) is 0 Å². The van der Waals surface area contributed by atoms with E-state index in [1.807, 2.05) is 0 Å². The minimum absolute atomic E-state index is 0.394. The van der Waals surface area contributed by atoms with Crippen LogP contribution in [-0.4, -0.2) is 11.4 Å². The molecule has 0 atom stereocenters. The molecule has 1 rings (SSSR count). The van der Waals surface area contributed by atoms with E-state index in [0.29, 0.717) is 6.04 Å². The van der Waals surface area contributed by atoms with Crippen molar-refractivity contribution in [3.8, 4) is 0 Å². The van der Waals surface area contributed by atoms with Crippen LogP contribution in [0, 0.1) is 0 Å². The quantitative estimate of drug-likeness (QED) is 0.407. The molecule has 0 bridgehead atoms. The summed E-state index contributed by atoms with van der Waals surface area (Å²) in [5.74, 6) is 0. The van der Waals surface area contributed by atoms with Crippen molar-refractivity contribution in [2.75, 3.05) is 0 Å². The molecular weight excluding hydrogens is 114 g/mol. The summed E-state index contributed by atoms with van der Waals surface area (Å²) in [6, 6.07) is 0.394. The molecule has 2 nitrogen and oxygen atoms in total. The predicted octanol–water partition coefficient (Wildman–Crippen LogP) is 1.10. The van der Waals surface area contributed by atoms with Crippen LogP contribution >= 0.6 is 11.6 Å². The summed E-state index contributed by atoms with van der Waals surface area (Å²) in [7, 11) is 0. The van der Waals surface area contributed by atoms with Crippen LogP contribution in [0.4, 0.5) is 4.79 Å². The molecule has 7 heavy (non-hydrogen) atoms. The Labute approximate surface area is 46.8 Å². The number of rotatable bonds is 1. The SMILES string of the molecule is O=C(Cl)NC1CC1. The lowest BCUT2D eigenvalue weighted by atomic mass is 10.7. The van der Waals surface area contributed by atoms with Crippen LogP contribution in [0.25, 0.3) is 0 Å². The molecular formula is C4H6ClNO. The molecule has 0 aliphatic heterocycles. The minimum Gasteiger partial charge on any atom is -0.340 e. The zero-order valence-corrected chi connectivity index (χ0v) is 4.53. The van der Waals surface area contributed by atoms with Gasteiger partial charge in [0.05, 0.1) is 0 Å². The number of halogens is 1. The first-order chi connectivity index (χ1) is 3.29. The fourth-order valence-electron chi connectivity index (χ4n) is 0.388. The van der Waals surface area contributed by atoms with Gasteiger partial charge >= 0.3 is 5.37 Å². The third kappa shape index (κ3) is 1.78. The van der Waals surface area contributed by atoms with Crippen molar-refractivity contribution in [3.63, 3.8) is 0 Å². The van der Waals surface area contributed by atoms with E-state index < -0.39 is 5.37 Å². The van der Waals surface area contributed by atoms with Gasteiger partial charge in [0.25, 0.3) is 0 Å². The molecule has 1 fully saturated rings. The first-order valence-electron chi connectivity index (χ1n) is 2.25. The van der Waals surface area contributed by atoms with E-state index in [-0.39, 0.29) is 0 Å². The number of carbonyl (C=O) groups is 1. The summed E-state index contributed by atoms with van der Waals surface area (Å²) in [4.78, 5) is 9.95. The molecule has 3 heteroatoms. The lowest BCUT2D eigenvalue weighted by Gasteiger charge is -1.89. The average molecular weight is 120 g/mol. The summed E-state index contributed by atoms with van der Waals surface area (Å²) >= 11 is 4.96. The smallest absolute Gasteiger partial charge is 0.314 e. The van der Waals surface area contributed by atoms with Gasteiger partial charge in [-0.3, -0.25) is 4.79 Å². The second kappa shape index (κ2) is 1.70. The predicted molar refractivity (Wildman–Crippen MR) is 27.4 cm³/mol. The van der Waals surface area contributed by atoms with E-state index >= 15 is 0 Å². The van der Waals surface area contributed by atoms with Gasteiger partial charge in [0, 0.05) is 6.04 Å². The van der Waals surface area contributed by atoms with Gasteiger partial charge in [-0.15, -0.1) is 0 Å². The zero-order valence-electron chi connectivity index (χ0n) is 3.78. The summed E-state index contributed by atoms with van der Waals surface area (Å²) in [6.07, 6.45) is 2.19. The summed E-state index contributed by atoms with van der Waals surface area (Å²) in [6.45, 7) is 0. The maximum atomic E-state index is 9.95. The Balaban J connectivity index is 2.08.